The minimum absolute atomic E-state index is 0.0198. The SMILES string of the molecule is O=C(NCc1ccc(Cl)cc1Cl)C(=O)N/N=C\c1ccc(C(=O)[O-])cc1. The average Bonchev–Trinajstić information content (AvgIpc) is 2.61. The molecule has 0 aliphatic carbocycles. The number of hydrazone groups is 1. The standard InChI is InChI=1S/C17H13Cl2N3O4/c18-13-6-5-12(14(19)7-13)9-20-15(23)16(24)22-21-8-10-1-3-11(4-2-10)17(25)26/h1-8H,9H2,(H,20,23)(H,22,24)(H,25,26)/p-1/b21-8-. The summed E-state index contributed by atoms with van der Waals surface area (Å²) in [6.45, 7) is 0.0522. The lowest BCUT2D eigenvalue weighted by atomic mass is 10.1. The largest absolute Gasteiger partial charge is 0.545 e. The van der Waals surface area contributed by atoms with Crippen molar-refractivity contribution in [1.29, 1.82) is 0 Å². The Hall–Kier alpha value is -2.90. The van der Waals surface area contributed by atoms with Gasteiger partial charge in [0.25, 0.3) is 0 Å². The molecule has 134 valence electrons. The van der Waals surface area contributed by atoms with E-state index in [-0.39, 0.29) is 12.1 Å². The number of hydrogen-bond acceptors (Lipinski definition) is 5. The van der Waals surface area contributed by atoms with Gasteiger partial charge in [0.2, 0.25) is 0 Å². The third-order valence-corrected chi connectivity index (χ3v) is 3.77. The lowest BCUT2D eigenvalue weighted by Gasteiger charge is -2.06. The number of amides is 2. The number of nitrogens with one attached hydrogen (secondary N) is 2. The molecule has 9 heteroatoms. The number of carbonyl (C=O) groups excluding carboxylic acids is 3. The van der Waals surface area contributed by atoms with Crippen molar-refractivity contribution in [2.24, 2.45) is 5.10 Å². The van der Waals surface area contributed by atoms with E-state index in [1.807, 2.05) is 0 Å². The van der Waals surface area contributed by atoms with Gasteiger partial charge in [-0.15, -0.1) is 0 Å². The molecule has 0 bridgehead atoms. The van der Waals surface area contributed by atoms with E-state index in [0.29, 0.717) is 21.2 Å². The van der Waals surface area contributed by atoms with E-state index >= 15 is 0 Å². The van der Waals surface area contributed by atoms with Gasteiger partial charge in [0, 0.05) is 16.6 Å². The summed E-state index contributed by atoms with van der Waals surface area (Å²) in [5, 5.41) is 17.5. The molecule has 0 saturated heterocycles. The van der Waals surface area contributed by atoms with Crippen LogP contribution >= 0.6 is 23.2 Å². The van der Waals surface area contributed by atoms with Crippen molar-refractivity contribution in [2.45, 2.75) is 6.54 Å². The van der Waals surface area contributed by atoms with Crippen molar-refractivity contribution in [3.63, 3.8) is 0 Å². The fraction of sp³-hybridized carbons (Fsp3) is 0.0588. The highest BCUT2D eigenvalue weighted by atomic mass is 35.5. The summed E-state index contributed by atoms with van der Waals surface area (Å²) in [6, 6.07) is 10.4. The highest BCUT2D eigenvalue weighted by Crippen LogP contribution is 2.20. The van der Waals surface area contributed by atoms with Gasteiger partial charge in [0.15, 0.2) is 0 Å². The molecule has 0 atom stereocenters. The Bertz CT molecular complexity index is 867. The van der Waals surface area contributed by atoms with E-state index in [1.54, 1.807) is 12.1 Å². The Morgan fingerprint density at radius 3 is 2.35 bits per heavy atom. The van der Waals surface area contributed by atoms with Gasteiger partial charge in [-0.2, -0.15) is 5.10 Å². The molecule has 2 aromatic rings. The van der Waals surface area contributed by atoms with E-state index in [1.165, 1.54) is 36.5 Å². The molecule has 0 heterocycles. The maximum absolute atomic E-state index is 11.7. The molecule has 0 fully saturated rings. The van der Waals surface area contributed by atoms with Crippen LogP contribution in [0.5, 0.6) is 0 Å². The molecule has 0 radical (unpaired) electrons. The van der Waals surface area contributed by atoms with Crippen LogP contribution in [0.15, 0.2) is 47.6 Å². The van der Waals surface area contributed by atoms with Crippen LogP contribution in [0, 0.1) is 0 Å². The van der Waals surface area contributed by atoms with Crippen LogP contribution in [0.25, 0.3) is 0 Å². The fourth-order valence-corrected chi connectivity index (χ4v) is 2.32. The Morgan fingerprint density at radius 1 is 1.04 bits per heavy atom. The van der Waals surface area contributed by atoms with Gasteiger partial charge >= 0.3 is 11.8 Å². The summed E-state index contributed by atoms with van der Waals surface area (Å²) in [4.78, 5) is 34.0. The molecule has 2 amide bonds. The predicted molar refractivity (Wildman–Crippen MR) is 94.8 cm³/mol. The molecular formula is C17H12Cl2N3O4-. The second-order valence-corrected chi connectivity index (χ2v) is 5.87. The highest BCUT2D eigenvalue weighted by molar-refractivity contribution is 6.36. The molecule has 0 spiro atoms. The van der Waals surface area contributed by atoms with Gasteiger partial charge < -0.3 is 15.2 Å². The van der Waals surface area contributed by atoms with Gasteiger partial charge in [0.05, 0.1) is 12.2 Å². The lowest BCUT2D eigenvalue weighted by Crippen LogP contribution is -2.37. The van der Waals surface area contributed by atoms with Crippen LogP contribution < -0.4 is 15.8 Å². The van der Waals surface area contributed by atoms with E-state index in [0.717, 1.165) is 0 Å². The number of halogens is 2. The molecule has 0 saturated carbocycles. The number of nitrogens with zero attached hydrogens (tertiary/aromatic N) is 1. The molecule has 2 aromatic carbocycles. The lowest BCUT2D eigenvalue weighted by molar-refractivity contribution is -0.255. The van der Waals surface area contributed by atoms with Crippen molar-refractivity contribution in [3.05, 3.63) is 69.2 Å². The second kappa shape index (κ2) is 8.98. The molecule has 26 heavy (non-hydrogen) atoms. The summed E-state index contributed by atoms with van der Waals surface area (Å²) in [5.74, 6) is -3.14. The molecule has 0 aromatic heterocycles. The smallest absolute Gasteiger partial charge is 0.329 e. The first-order valence-electron chi connectivity index (χ1n) is 7.23. The minimum atomic E-state index is -1.29. The number of rotatable bonds is 5. The number of benzene rings is 2. The third kappa shape index (κ3) is 5.58. The first kappa shape index (κ1) is 19.4. The zero-order chi connectivity index (χ0) is 19.1. The Kier molecular flexibility index (Phi) is 6.71. The first-order valence-corrected chi connectivity index (χ1v) is 7.99. The molecule has 7 nitrogen and oxygen atoms in total. The number of aromatic carboxylic acids is 1. The number of carboxylic acid groups (broad SMARTS) is 1. The topological polar surface area (TPSA) is 111 Å². The van der Waals surface area contributed by atoms with E-state index in [9.17, 15) is 19.5 Å². The maximum Gasteiger partial charge on any atom is 0.329 e. The van der Waals surface area contributed by atoms with Crippen molar-refractivity contribution >= 4 is 47.2 Å². The molecular weight excluding hydrogens is 381 g/mol. The van der Waals surface area contributed by atoms with Crippen molar-refractivity contribution in [3.8, 4) is 0 Å². The van der Waals surface area contributed by atoms with Gasteiger partial charge in [-0.3, -0.25) is 9.59 Å². The van der Waals surface area contributed by atoms with E-state index < -0.39 is 17.8 Å². The van der Waals surface area contributed by atoms with Gasteiger partial charge in [-0.25, -0.2) is 5.43 Å². The zero-order valence-electron chi connectivity index (χ0n) is 13.2. The molecule has 2 rings (SSSR count). The summed E-state index contributed by atoms with van der Waals surface area (Å²) in [5.41, 5.74) is 3.22. The van der Waals surface area contributed by atoms with Crippen molar-refractivity contribution < 1.29 is 19.5 Å². The van der Waals surface area contributed by atoms with Crippen LogP contribution in [0.2, 0.25) is 10.0 Å². The molecule has 0 unspecified atom stereocenters. The van der Waals surface area contributed by atoms with E-state index in [4.69, 9.17) is 23.2 Å². The highest BCUT2D eigenvalue weighted by Gasteiger charge is 2.12. The van der Waals surface area contributed by atoms with Crippen molar-refractivity contribution in [2.75, 3.05) is 0 Å². The summed E-state index contributed by atoms with van der Waals surface area (Å²) in [6.07, 6.45) is 1.26. The summed E-state index contributed by atoms with van der Waals surface area (Å²) < 4.78 is 0. The number of hydrogen-bond donors (Lipinski definition) is 2. The van der Waals surface area contributed by atoms with E-state index in [2.05, 4.69) is 15.8 Å². The van der Waals surface area contributed by atoms with Crippen LogP contribution in [0.4, 0.5) is 0 Å². The third-order valence-electron chi connectivity index (χ3n) is 3.19. The Morgan fingerprint density at radius 2 is 1.73 bits per heavy atom. The molecule has 0 aliphatic rings. The predicted octanol–water partition coefficient (Wildman–Crippen LogP) is 1.12. The Balaban J connectivity index is 1.84. The van der Waals surface area contributed by atoms with Gasteiger partial charge in [-0.05, 0) is 28.8 Å². The molecule has 0 aliphatic heterocycles. The second-order valence-electron chi connectivity index (χ2n) is 5.03. The number of carboxylic acids is 1. The van der Waals surface area contributed by atoms with Crippen LogP contribution in [-0.2, 0) is 16.1 Å². The van der Waals surface area contributed by atoms with Crippen LogP contribution in [0.1, 0.15) is 21.5 Å². The zero-order valence-corrected chi connectivity index (χ0v) is 14.7. The Labute approximate surface area is 158 Å². The van der Waals surface area contributed by atoms with Gasteiger partial charge in [-0.1, -0.05) is 53.5 Å². The van der Waals surface area contributed by atoms with Crippen LogP contribution in [0.3, 0.4) is 0 Å². The van der Waals surface area contributed by atoms with Crippen LogP contribution in [-0.4, -0.2) is 24.0 Å². The molecule has 2 N–H and O–H groups in total. The maximum atomic E-state index is 11.7. The number of carbonyl (C=O) groups is 3. The monoisotopic (exact) mass is 392 g/mol. The normalized spacial score (nSPS) is 10.5. The summed E-state index contributed by atoms with van der Waals surface area (Å²) in [7, 11) is 0. The fourth-order valence-electron chi connectivity index (χ4n) is 1.84. The van der Waals surface area contributed by atoms with Gasteiger partial charge in [0.1, 0.15) is 0 Å². The minimum Gasteiger partial charge on any atom is -0.545 e. The summed E-state index contributed by atoms with van der Waals surface area (Å²) >= 11 is 11.8. The quantitative estimate of drug-likeness (QED) is 0.451. The average molecular weight is 393 g/mol. The first-order chi connectivity index (χ1) is 12.4. The van der Waals surface area contributed by atoms with Crippen molar-refractivity contribution in [1.82, 2.24) is 10.7 Å².